The van der Waals surface area contributed by atoms with E-state index in [2.05, 4.69) is 29.8 Å². The number of hydrogen-bond donors (Lipinski definition) is 1. The maximum absolute atomic E-state index is 9.60. The minimum atomic E-state index is -0.114. The van der Waals surface area contributed by atoms with E-state index >= 15 is 0 Å². The zero-order valence-corrected chi connectivity index (χ0v) is 11.2. The Balaban J connectivity index is 2.50. The third-order valence-electron chi connectivity index (χ3n) is 3.63. The van der Waals surface area contributed by atoms with Crippen molar-refractivity contribution in [3.8, 4) is 0 Å². The van der Waals surface area contributed by atoms with E-state index in [0.29, 0.717) is 0 Å². The van der Waals surface area contributed by atoms with Gasteiger partial charge in [0, 0.05) is 14.9 Å². The molecule has 1 atom stereocenters. The lowest BCUT2D eigenvalue weighted by Crippen LogP contribution is -2.19. The molecule has 0 aromatic heterocycles. The van der Waals surface area contributed by atoms with Crippen molar-refractivity contribution in [3.63, 3.8) is 0 Å². The lowest BCUT2D eigenvalue weighted by Gasteiger charge is -2.20. The molecule has 0 radical (unpaired) electrons. The van der Waals surface area contributed by atoms with Crippen LogP contribution >= 0.6 is 27.5 Å². The van der Waals surface area contributed by atoms with Gasteiger partial charge in [0.2, 0.25) is 0 Å². The minimum Gasteiger partial charge on any atom is -0.395 e. The number of aliphatic hydroxyl groups excluding tert-OH is 1. The highest BCUT2D eigenvalue weighted by molar-refractivity contribution is 9.10. The van der Waals surface area contributed by atoms with Crippen LogP contribution in [0.2, 0.25) is 5.02 Å². The van der Waals surface area contributed by atoms with Crippen LogP contribution in [0.3, 0.4) is 0 Å². The van der Waals surface area contributed by atoms with Crippen LogP contribution in [0.25, 0.3) is 0 Å². The highest BCUT2D eigenvalue weighted by atomic mass is 79.9. The summed E-state index contributed by atoms with van der Waals surface area (Å²) >= 11 is 9.53. The fourth-order valence-electron chi connectivity index (χ4n) is 2.39. The first-order chi connectivity index (χ1) is 6.93. The van der Waals surface area contributed by atoms with Crippen molar-refractivity contribution in [1.29, 1.82) is 0 Å². The van der Waals surface area contributed by atoms with Crippen molar-refractivity contribution >= 4 is 27.5 Å². The summed E-state index contributed by atoms with van der Waals surface area (Å²) in [5, 5.41) is 10.3. The number of hydrogen-bond acceptors (Lipinski definition) is 1. The molecule has 2 rings (SSSR count). The molecule has 1 aliphatic rings. The van der Waals surface area contributed by atoms with Crippen molar-refractivity contribution in [1.82, 2.24) is 0 Å². The van der Waals surface area contributed by atoms with Gasteiger partial charge in [0.05, 0.1) is 6.61 Å². The highest BCUT2D eigenvalue weighted by Crippen LogP contribution is 2.65. The third kappa shape index (κ3) is 1.63. The molecular weight excluding hydrogens is 275 g/mol. The van der Waals surface area contributed by atoms with Crippen LogP contribution in [0.1, 0.15) is 25.8 Å². The zero-order chi connectivity index (χ0) is 11.3. The quantitative estimate of drug-likeness (QED) is 0.879. The number of benzene rings is 1. The zero-order valence-electron chi connectivity index (χ0n) is 8.85. The van der Waals surface area contributed by atoms with Crippen LogP contribution in [0.15, 0.2) is 22.7 Å². The fourth-order valence-corrected chi connectivity index (χ4v) is 3.19. The molecule has 1 nitrogen and oxygen atoms in total. The van der Waals surface area contributed by atoms with E-state index in [1.54, 1.807) is 0 Å². The molecule has 0 heterocycles. The van der Waals surface area contributed by atoms with Gasteiger partial charge in [0.25, 0.3) is 0 Å². The first-order valence-corrected chi connectivity index (χ1v) is 6.16. The van der Waals surface area contributed by atoms with E-state index in [9.17, 15) is 5.11 Å². The topological polar surface area (TPSA) is 20.2 Å². The van der Waals surface area contributed by atoms with E-state index < -0.39 is 0 Å². The summed E-state index contributed by atoms with van der Waals surface area (Å²) < 4.78 is 1.03. The van der Waals surface area contributed by atoms with E-state index in [0.717, 1.165) is 21.5 Å². The van der Waals surface area contributed by atoms with E-state index in [-0.39, 0.29) is 17.4 Å². The Kier molecular flexibility index (Phi) is 2.65. The average Bonchev–Trinajstić information content (AvgIpc) is 2.74. The molecule has 0 spiro atoms. The summed E-state index contributed by atoms with van der Waals surface area (Å²) in [6, 6.07) is 5.76. The van der Waals surface area contributed by atoms with Gasteiger partial charge >= 0.3 is 0 Å². The molecular formula is C12H14BrClO. The van der Waals surface area contributed by atoms with Gasteiger partial charge in [0.15, 0.2) is 0 Å². The summed E-state index contributed by atoms with van der Waals surface area (Å²) in [4.78, 5) is 0. The van der Waals surface area contributed by atoms with E-state index in [1.165, 1.54) is 0 Å². The molecule has 1 fully saturated rings. The van der Waals surface area contributed by atoms with Crippen LogP contribution in [-0.2, 0) is 5.41 Å². The Labute approximate surface area is 104 Å². The Morgan fingerprint density at radius 3 is 2.53 bits per heavy atom. The summed E-state index contributed by atoms with van der Waals surface area (Å²) in [5.41, 5.74) is 1.17. The van der Waals surface area contributed by atoms with E-state index in [1.807, 2.05) is 18.2 Å². The Bertz CT molecular complexity index is 403. The minimum absolute atomic E-state index is 0.114. The second-order valence-corrected chi connectivity index (χ2v) is 6.22. The van der Waals surface area contributed by atoms with Crippen molar-refractivity contribution in [2.45, 2.75) is 25.7 Å². The summed E-state index contributed by atoms with van der Waals surface area (Å²) in [5.74, 6) is 0. The molecule has 82 valence electrons. The third-order valence-corrected chi connectivity index (χ3v) is 4.55. The molecule has 0 saturated heterocycles. The fraction of sp³-hybridized carbons (Fsp3) is 0.500. The number of rotatable bonds is 2. The lowest BCUT2D eigenvalue weighted by atomic mass is 9.89. The Hall–Kier alpha value is -0.0500. The van der Waals surface area contributed by atoms with Crippen LogP contribution in [0.5, 0.6) is 0 Å². The standard InChI is InChI=1S/C12H14BrClO/c1-11(2)6-12(11,7-15)9-5-8(14)3-4-10(9)13/h3-5,15H,6-7H2,1-2H3. The maximum atomic E-state index is 9.60. The molecule has 15 heavy (non-hydrogen) atoms. The summed E-state index contributed by atoms with van der Waals surface area (Å²) in [6.07, 6.45) is 1.01. The normalized spacial score (nSPS) is 27.8. The molecule has 0 amide bonds. The molecule has 1 unspecified atom stereocenters. The maximum Gasteiger partial charge on any atom is 0.0533 e. The smallest absolute Gasteiger partial charge is 0.0533 e. The van der Waals surface area contributed by atoms with Gasteiger partial charge in [-0.3, -0.25) is 0 Å². The van der Waals surface area contributed by atoms with Crippen LogP contribution < -0.4 is 0 Å². The largest absolute Gasteiger partial charge is 0.395 e. The van der Waals surface area contributed by atoms with Crippen LogP contribution in [0, 0.1) is 5.41 Å². The molecule has 3 heteroatoms. The summed E-state index contributed by atoms with van der Waals surface area (Å²) in [7, 11) is 0. The van der Waals surface area contributed by atoms with Crippen molar-refractivity contribution in [2.24, 2.45) is 5.41 Å². The molecule has 1 saturated carbocycles. The van der Waals surface area contributed by atoms with Gasteiger partial charge in [-0.1, -0.05) is 41.4 Å². The summed E-state index contributed by atoms with van der Waals surface area (Å²) in [6.45, 7) is 4.53. The molecule has 1 aromatic carbocycles. The Morgan fingerprint density at radius 1 is 1.47 bits per heavy atom. The predicted octanol–water partition coefficient (Wildman–Crippen LogP) is 3.76. The first kappa shape index (κ1) is 11.4. The molecule has 1 aliphatic carbocycles. The van der Waals surface area contributed by atoms with Crippen molar-refractivity contribution in [2.75, 3.05) is 6.61 Å². The SMILES string of the molecule is CC1(C)CC1(CO)c1cc(Cl)ccc1Br. The molecule has 1 N–H and O–H groups in total. The highest BCUT2D eigenvalue weighted by Gasteiger charge is 2.62. The van der Waals surface area contributed by atoms with Gasteiger partial charge in [-0.05, 0) is 35.6 Å². The second kappa shape index (κ2) is 3.47. The van der Waals surface area contributed by atoms with Gasteiger partial charge in [-0.2, -0.15) is 0 Å². The molecule has 0 aliphatic heterocycles. The lowest BCUT2D eigenvalue weighted by molar-refractivity contribution is 0.231. The molecule has 0 bridgehead atoms. The average molecular weight is 290 g/mol. The van der Waals surface area contributed by atoms with Gasteiger partial charge in [0.1, 0.15) is 0 Å². The Morgan fingerprint density at radius 2 is 2.07 bits per heavy atom. The van der Waals surface area contributed by atoms with Gasteiger partial charge in [-0.15, -0.1) is 0 Å². The van der Waals surface area contributed by atoms with Gasteiger partial charge in [-0.25, -0.2) is 0 Å². The number of halogens is 2. The van der Waals surface area contributed by atoms with E-state index in [4.69, 9.17) is 11.6 Å². The number of aliphatic hydroxyl groups is 1. The van der Waals surface area contributed by atoms with Crippen molar-refractivity contribution in [3.05, 3.63) is 33.3 Å². The first-order valence-electron chi connectivity index (χ1n) is 4.99. The van der Waals surface area contributed by atoms with Crippen molar-refractivity contribution < 1.29 is 5.11 Å². The van der Waals surface area contributed by atoms with Crippen LogP contribution in [-0.4, -0.2) is 11.7 Å². The molecule has 1 aromatic rings. The van der Waals surface area contributed by atoms with Crippen LogP contribution in [0.4, 0.5) is 0 Å². The van der Waals surface area contributed by atoms with Gasteiger partial charge < -0.3 is 5.11 Å². The second-order valence-electron chi connectivity index (χ2n) is 4.93. The predicted molar refractivity (Wildman–Crippen MR) is 66.3 cm³/mol. The monoisotopic (exact) mass is 288 g/mol.